The van der Waals surface area contributed by atoms with Crippen LogP contribution in [0, 0.1) is 11.3 Å². The van der Waals surface area contributed by atoms with Crippen molar-refractivity contribution in [1.82, 2.24) is 4.90 Å². The van der Waals surface area contributed by atoms with E-state index in [0.717, 1.165) is 10.4 Å². The van der Waals surface area contributed by atoms with Crippen LogP contribution >= 0.6 is 11.3 Å². The summed E-state index contributed by atoms with van der Waals surface area (Å²) in [5.41, 5.74) is 1.70. The number of ether oxygens (including phenoxy) is 3. The molecule has 29 heavy (non-hydrogen) atoms. The number of rotatable bonds is 5. The molecule has 0 radical (unpaired) electrons. The van der Waals surface area contributed by atoms with Gasteiger partial charge in [-0.05, 0) is 37.1 Å². The molecule has 0 bridgehead atoms. The van der Waals surface area contributed by atoms with E-state index >= 15 is 0 Å². The van der Waals surface area contributed by atoms with Gasteiger partial charge in [0, 0.05) is 17.0 Å². The van der Waals surface area contributed by atoms with E-state index in [2.05, 4.69) is 11.4 Å². The van der Waals surface area contributed by atoms with Gasteiger partial charge in [-0.1, -0.05) is 0 Å². The molecule has 1 aromatic heterocycles. The summed E-state index contributed by atoms with van der Waals surface area (Å²) in [5, 5.41) is 12.9. The Labute approximate surface area is 172 Å². The van der Waals surface area contributed by atoms with Gasteiger partial charge in [-0.3, -0.25) is 4.79 Å². The Hall–Kier alpha value is -3.25. The van der Waals surface area contributed by atoms with Gasteiger partial charge < -0.3 is 24.4 Å². The predicted molar refractivity (Wildman–Crippen MR) is 108 cm³/mol. The van der Waals surface area contributed by atoms with E-state index in [1.54, 1.807) is 30.0 Å². The molecule has 0 atom stereocenters. The number of carbonyl (C=O) groups excluding carboxylic acids is 2. The number of fused-ring (bicyclic) bond motifs is 1. The Morgan fingerprint density at radius 3 is 2.69 bits per heavy atom. The highest BCUT2D eigenvalue weighted by Crippen LogP contribution is 2.37. The van der Waals surface area contributed by atoms with Gasteiger partial charge in [-0.25, -0.2) is 4.79 Å². The highest BCUT2D eigenvalue weighted by Gasteiger charge is 2.28. The van der Waals surface area contributed by atoms with Crippen LogP contribution in [-0.2, 0) is 17.7 Å². The summed E-state index contributed by atoms with van der Waals surface area (Å²) in [6.45, 7) is 2.90. The SMILES string of the molecule is CCOC(=O)N1CCc2c(sc(NC(=O)c3ccc(OC)c(OC)c3)c2C#N)C1. The van der Waals surface area contributed by atoms with E-state index < -0.39 is 0 Å². The summed E-state index contributed by atoms with van der Waals surface area (Å²) in [5.74, 6) is 0.604. The minimum Gasteiger partial charge on any atom is -0.493 e. The molecule has 1 N–H and O–H groups in total. The van der Waals surface area contributed by atoms with E-state index in [0.29, 0.717) is 53.7 Å². The summed E-state index contributed by atoms with van der Waals surface area (Å²) < 4.78 is 15.5. The zero-order valence-electron chi connectivity index (χ0n) is 16.4. The molecule has 8 nitrogen and oxygen atoms in total. The third kappa shape index (κ3) is 4.12. The summed E-state index contributed by atoms with van der Waals surface area (Å²) in [6.07, 6.45) is 0.167. The van der Waals surface area contributed by atoms with Gasteiger partial charge in [0.15, 0.2) is 11.5 Å². The summed E-state index contributed by atoms with van der Waals surface area (Å²) in [7, 11) is 3.02. The average molecular weight is 415 g/mol. The van der Waals surface area contributed by atoms with Crippen molar-refractivity contribution in [2.45, 2.75) is 19.9 Å². The fourth-order valence-corrected chi connectivity index (χ4v) is 4.34. The zero-order chi connectivity index (χ0) is 21.0. The van der Waals surface area contributed by atoms with E-state index in [1.165, 1.54) is 25.6 Å². The standard InChI is InChI=1S/C20H21N3O5S/c1-4-28-20(25)23-8-7-13-14(10-21)19(29-17(13)11-23)22-18(24)12-5-6-15(26-2)16(9-12)27-3/h5-6,9H,4,7-8,11H2,1-3H3,(H,22,24). The Bertz CT molecular complexity index is 979. The molecule has 1 aromatic carbocycles. The predicted octanol–water partition coefficient (Wildman–Crippen LogP) is 3.40. The van der Waals surface area contributed by atoms with E-state index in [9.17, 15) is 14.9 Å². The topological polar surface area (TPSA) is 101 Å². The number of amides is 2. The largest absolute Gasteiger partial charge is 0.493 e. The van der Waals surface area contributed by atoms with Crippen molar-refractivity contribution in [3.8, 4) is 17.6 Å². The van der Waals surface area contributed by atoms with Crippen LogP contribution in [0.5, 0.6) is 11.5 Å². The summed E-state index contributed by atoms with van der Waals surface area (Å²) in [4.78, 5) is 27.2. The van der Waals surface area contributed by atoms with E-state index in [-0.39, 0.29) is 12.0 Å². The van der Waals surface area contributed by atoms with Crippen molar-refractivity contribution < 1.29 is 23.8 Å². The molecular weight excluding hydrogens is 394 g/mol. The van der Waals surface area contributed by atoms with Crippen molar-refractivity contribution in [2.75, 3.05) is 32.7 Å². The van der Waals surface area contributed by atoms with Gasteiger partial charge in [-0.2, -0.15) is 5.26 Å². The number of anilines is 1. The lowest BCUT2D eigenvalue weighted by Crippen LogP contribution is -2.35. The van der Waals surface area contributed by atoms with Crippen molar-refractivity contribution in [3.05, 3.63) is 39.8 Å². The molecule has 0 saturated heterocycles. The Morgan fingerprint density at radius 2 is 2.03 bits per heavy atom. The number of methoxy groups -OCH3 is 2. The van der Waals surface area contributed by atoms with E-state index in [1.807, 2.05) is 0 Å². The first-order chi connectivity index (χ1) is 14.0. The smallest absolute Gasteiger partial charge is 0.410 e. The van der Waals surface area contributed by atoms with Crippen LogP contribution in [0.25, 0.3) is 0 Å². The van der Waals surface area contributed by atoms with Crippen molar-refractivity contribution in [1.29, 1.82) is 5.26 Å². The second kappa shape index (κ2) is 8.84. The number of nitrogens with one attached hydrogen (secondary N) is 1. The van der Waals surface area contributed by atoms with Crippen LogP contribution in [0.3, 0.4) is 0 Å². The van der Waals surface area contributed by atoms with Crippen LogP contribution in [-0.4, -0.2) is 44.3 Å². The lowest BCUT2D eigenvalue weighted by atomic mass is 10.0. The molecule has 0 fully saturated rings. The summed E-state index contributed by atoms with van der Waals surface area (Å²) >= 11 is 1.31. The maximum Gasteiger partial charge on any atom is 0.410 e. The Morgan fingerprint density at radius 1 is 1.28 bits per heavy atom. The lowest BCUT2D eigenvalue weighted by molar-refractivity contribution is 0.102. The normalized spacial score (nSPS) is 12.6. The molecule has 2 aromatic rings. The van der Waals surface area contributed by atoms with Crippen LogP contribution in [0.2, 0.25) is 0 Å². The molecule has 0 spiro atoms. The Balaban J connectivity index is 1.83. The molecule has 2 heterocycles. The van der Waals surface area contributed by atoms with Gasteiger partial charge in [0.05, 0.1) is 32.9 Å². The molecular formula is C20H21N3O5S. The lowest BCUT2D eigenvalue weighted by Gasteiger charge is -2.25. The highest BCUT2D eigenvalue weighted by molar-refractivity contribution is 7.16. The van der Waals surface area contributed by atoms with Gasteiger partial charge in [0.2, 0.25) is 0 Å². The number of benzene rings is 1. The summed E-state index contributed by atoms with van der Waals surface area (Å²) in [6, 6.07) is 7.04. The van der Waals surface area contributed by atoms with Crippen LogP contribution in [0.1, 0.15) is 33.3 Å². The average Bonchev–Trinajstić information content (AvgIpc) is 3.09. The zero-order valence-corrected chi connectivity index (χ0v) is 17.2. The van der Waals surface area contributed by atoms with Gasteiger partial charge in [-0.15, -0.1) is 11.3 Å². The van der Waals surface area contributed by atoms with Crippen molar-refractivity contribution in [3.63, 3.8) is 0 Å². The van der Waals surface area contributed by atoms with Crippen LogP contribution in [0.4, 0.5) is 9.80 Å². The van der Waals surface area contributed by atoms with Gasteiger partial charge in [0.1, 0.15) is 11.1 Å². The maximum atomic E-state index is 12.7. The molecule has 0 saturated carbocycles. The molecule has 2 amide bonds. The highest BCUT2D eigenvalue weighted by atomic mass is 32.1. The second-order valence-electron chi connectivity index (χ2n) is 6.21. The first-order valence-corrected chi connectivity index (χ1v) is 9.83. The molecule has 152 valence electrons. The molecule has 0 aliphatic carbocycles. The first kappa shape index (κ1) is 20.5. The Kier molecular flexibility index (Phi) is 6.24. The minimum absolute atomic E-state index is 0.308. The van der Waals surface area contributed by atoms with Crippen LogP contribution in [0.15, 0.2) is 18.2 Å². The third-order valence-corrected chi connectivity index (χ3v) is 5.70. The second-order valence-corrected chi connectivity index (χ2v) is 7.32. The molecule has 9 heteroatoms. The number of carbonyl (C=O) groups is 2. The number of hydrogen-bond acceptors (Lipinski definition) is 7. The fraction of sp³-hybridized carbons (Fsp3) is 0.350. The first-order valence-electron chi connectivity index (χ1n) is 9.02. The van der Waals surface area contributed by atoms with E-state index in [4.69, 9.17) is 14.2 Å². The molecule has 1 aliphatic rings. The van der Waals surface area contributed by atoms with Gasteiger partial charge in [0.25, 0.3) is 5.91 Å². The number of nitriles is 1. The van der Waals surface area contributed by atoms with Crippen molar-refractivity contribution >= 4 is 28.3 Å². The monoisotopic (exact) mass is 415 g/mol. The number of thiophene rings is 1. The fourth-order valence-electron chi connectivity index (χ4n) is 3.13. The molecule has 1 aliphatic heterocycles. The molecule has 3 rings (SSSR count). The van der Waals surface area contributed by atoms with Crippen LogP contribution < -0.4 is 14.8 Å². The number of nitrogens with zero attached hydrogens (tertiary/aromatic N) is 2. The minimum atomic E-state index is -0.374. The quantitative estimate of drug-likeness (QED) is 0.803. The number of hydrogen-bond donors (Lipinski definition) is 1. The molecule has 0 unspecified atom stereocenters. The van der Waals surface area contributed by atoms with Gasteiger partial charge >= 0.3 is 6.09 Å². The maximum absolute atomic E-state index is 12.7. The van der Waals surface area contributed by atoms with Crippen molar-refractivity contribution in [2.24, 2.45) is 0 Å². The third-order valence-electron chi connectivity index (χ3n) is 4.57.